The molecule has 1 aliphatic heterocycles. The van der Waals surface area contributed by atoms with Gasteiger partial charge in [0.1, 0.15) is 0 Å². The maximum atomic E-state index is 13.4. The number of likely N-dealkylation sites (tertiary alicyclic amines) is 1. The SMILES string of the molecule is Cc1ccc(C(F)(F)F)c(CN2C[C@H](C)C[C@@H]2c2ccc(C(F)(F)F)cc2)c1.O=C=O. The Hall–Kier alpha value is -2.64. The summed E-state index contributed by atoms with van der Waals surface area (Å²) in [5.41, 5.74) is 0.231. The lowest BCUT2D eigenvalue weighted by Crippen LogP contribution is -2.25. The molecule has 31 heavy (non-hydrogen) atoms. The lowest BCUT2D eigenvalue weighted by atomic mass is 9.98. The van der Waals surface area contributed by atoms with Gasteiger partial charge in [0.2, 0.25) is 0 Å². The van der Waals surface area contributed by atoms with Crippen LogP contribution in [-0.2, 0) is 28.5 Å². The molecule has 0 aliphatic carbocycles. The van der Waals surface area contributed by atoms with Crippen LogP contribution in [0.2, 0.25) is 0 Å². The molecule has 1 fully saturated rings. The molecule has 0 saturated carbocycles. The average Bonchev–Trinajstić information content (AvgIpc) is 3.01. The van der Waals surface area contributed by atoms with E-state index in [9.17, 15) is 26.3 Å². The molecule has 3 nitrogen and oxygen atoms in total. The van der Waals surface area contributed by atoms with Crippen molar-refractivity contribution in [3.8, 4) is 0 Å². The van der Waals surface area contributed by atoms with Gasteiger partial charge in [-0.15, -0.1) is 0 Å². The Kier molecular flexibility index (Phi) is 7.68. The first kappa shape index (κ1) is 24.6. The molecule has 3 rings (SSSR count). The van der Waals surface area contributed by atoms with Gasteiger partial charge in [0, 0.05) is 19.1 Å². The minimum absolute atomic E-state index is 0.104. The van der Waals surface area contributed by atoms with Gasteiger partial charge in [0.25, 0.3) is 0 Å². The lowest BCUT2D eigenvalue weighted by Gasteiger charge is -2.27. The Bertz CT molecular complexity index is 915. The van der Waals surface area contributed by atoms with Gasteiger partial charge in [0.15, 0.2) is 0 Å². The van der Waals surface area contributed by atoms with E-state index >= 15 is 0 Å². The maximum absolute atomic E-state index is 13.4. The maximum Gasteiger partial charge on any atom is 0.416 e. The number of alkyl halides is 6. The van der Waals surface area contributed by atoms with Crippen molar-refractivity contribution in [2.75, 3.05) is 6.54 Å². The summed E-state index contributed by atoms with van der Waals surface area (Å²) < 4.78 is 78.5. The number of aryl methyl sites for hydroxylation is 1. The van der Waals surface area contributed by atoms with Crippen molar-refractivity contribution in [1.29, 1.82) is 0 Å². The first-order chi connectivity index (χ1) is 14.4. The molecule has 0 amide bonds. The summed E-state index contributed by atoms with van der Waals surface area (Å²) in [5.74, 6) is 0.242. The molecule has 2 atom stereocenters. The van der Waals surface area contributed by atoms with E-state index in [-0.39, 0.29) is 30.2 Å². The van der Waals surface area contributed by atoms with Crippen LogP contribution in [0.25, 0.3) is 0 Å². The van der Waals surface area contributed by atoms with Gasteiger partial charge < -0.3 is 0 Å². The van der Waals surface area contributed by atoms with Gasteiger partial charge in [-0.25, -0.2) is 0 Å². The van der Waals surface area contributed by atoms with Crippen LogP contribution >= 0.6 is 0 Å². The van der Waals surface area contributed by atoms with Gasteiger partial charge in [0.05, 0.1) is 11.1 Å². The largest absolute Gasteiger partial charge is 0.416 e. The normalized spacial score (nSPS) is 19.5. The summed E-state index contributed by atoms with van der Waals surface area (Å²) in [7, 11) is 0. The Morgan fingerprint density at radius 3 is 2.06 bits per heavy atom. The Morgan fingerprint density at radius 1 is 0.968 bits per heavy atom. The molecular weight excluding hydrogens is 424 g/mol. The van der Waals surface area contributed by atoms with Crippen molar-refractivity contribution in [2.24, 2.45) is 5.92 Å². The average molecular weight is 445 g/mol. The van der Waals surface area contributed by atoms with E-state index in [1.54, 1.807) is 6.92 Å². The zero-order valence-electron chi connectivity index (χ0n) is 16.8. The molecule has 168 valence electrons. The summed E-state index contributed by atoms with van der Waals surface area (Å²) in [5, 5.41) is 0. The fraction of sp³-hybridized carbons (Fsp3) is 0.409. The van der Waals surface area contributed by atoms with Crippen molar-refractivity contribution >= 4 is 6.15 Å². The molecule has 2 aromatic carbocycles. The Morgan fingerprint density at radius 2 is 1.55 bits per heavy atom. The number of benzene rings is 2. The fourth-order valence-electron chi connectivity index (χ4n) is 3.90. The Labute approximate surface area is 175 Å². The summed E-state index contributed by atoms with van der Waals surface area (Å²) in [6.45, 7) is 4.44. The van der Waals surface area contributed by atoms with E-state index in [4.69, 9.17) is 9.59 Å². The second-order valence-electron chi connectivity index (χ2n) is 7.65. The molecule has 0 spiro atoms. The van der Waals surface area contributed by atoms with E-state index in [2.05, 4.69) is 0 Å². The van der Waals surface area contributed by atoms with Crippen LogP contribution in [0.4, 0.5) is 26.3 Å². The molecule has 2 aromatic rings. The van der Waals surface area contributed by atoms with Crippen LogP contribution in [0.1, 0.15) is 47.2 Å². The van der Waals surface area contributed by atoms with E-state index in [0.717, 1.165) is 23.8 Å². The zero-order valence-corrected chi connectivity index (χ0v) is 16.8. The van der Waals surface area contributed by atoms with Crippen LogP contribution in [0.3, 0.4) is 0 Å². The minimum Gasteiger partial charge on any atom is -0.292 e. The molecule has 9 heteroatoms. The predicted molar refractivity (Wildman–Crippen MR) is 99.6 cm³/mol. The monoisotopic (exact) mass is 445 g/mol. The summed E-state index contributed by atoms with van der Waals surface area (Å²) >= 11 is 0. The first-order valence-electron chi connectivity index (χ1n) is 9.44. The van der Waals surface area contributed by atoms with Gasteiger partial charge in [-0.3, -0.25) is 4.90 Å². The molecule has 0 N–H and O–H groups in total. The van der Waals surface area contributed by atoms with Crippen molar-refractivity contribution in [2.45, 2.75) is 45.2 Å². The van der Waals surface area contributed by atoms with E-state index in [0.29, 0.717) is 18.5 Å². The van der Waals surface area contributed by atoms with Crippen molar-refractivity contribution in [1.82, 2.24) is 4.90 Å². The van der Waals surface area contributed by atoms with Gasteiger partial charge in [-0.1, -0.05) is 36.8 Å². The summed E-state index contributed by atoms with van der Waals surface area (Å²) in [4.78, 5) is 18.2. The molecule has 1 aliphatic rings. The molecular formula is C22H21F6NO2. The standard InChI is InChI=1S/C21H21F6N.CO2/c1-13-3-8-18(21(25,26)27)16(9-13)12-28-11-14(2)10-19(28)15-4-6-17(7-5-15)20(22,23)24;2-1-3/h3-9,14,19H,10-12H2,1-2H3;/t14-,19-;/m1./s1. The molecule has 1 saturated heterocycles. The fourth-order valence-corrected chi connectivity index (χ4v) is 3.90. The zero-order chi connectivity index (χ0) is 23.4. The topological polar surface area (TPSA) is 37.4 Å². The third-order valence-corrected chi connectivity index (χ3v) is 5.17. The van der Waals surface area contributed by atoms with Gasteiger partial charge in [-0.2, -0.15) is 35.9 Å². The summed E-state index contributed by atoms with van der Waals surface area (Å²) in [6, 6.07) is 8.78. The highest BCUT2D eigenvalue weighted by Crippen LogP contribution is 2.40. The van der Waals surface area contributed by atoms with Crippen LogP contribution in [0.5, 0.6) is 0 Å². The van der Waals surface area contributed by atoms with Crippen LogP contribution < -0.4 is 0 Å². The predicted octanol–water partition coefficient (Wildman–Crippen LogP) is 6.03. The van der Waals surface area contributed by atoms with Gasteiger partial charge in [-0.05, 0) is 48.6 Å². The van der Waals surface area contributed by atoms with Crippen LogP contribution in [0, 0.1) is 12.8 Å². The number of hydrogen-bond donors (Lipinski definition) is 0. The van der Waals surface area contributed by atoms with E-state index < -0.39 is 23.5 Å². The first-order valence-corrected chi connectivity index (χ1v) is 9.44. The van der Waals surface area contributed by atoms with Gasteiger partial charge >= 0.3 is 18.5 Å². The number of nitrogens with zero attached hydrogens (tertiary/aromatic N) is 1. The Balaban J connectivity index is 0.00000107. The molecule has 1 heterocycles. The third-order valence-electron chi connectivity index (χ3n) is 5.17. The molecule has 0 aromatic heterocycles. The number of carbonyl (C=O) groups excluding carboxylic acids is 2. The number of hydrogen-bond acceptors (Lipinski definition) is 3. The molecule has 0 bridgehead atoms. The second kappa shape index (κ2) is 9.66. The van der Waals surface area contributed by atoms with E-state index in [1.807, 2.05) is 11.8 Å². The number of halogens is 6. The van der Waals surface area contributed by atoms with Crippen LogP contribution in [0.15, 0.2) is 42.5 Å². The highest BCUT2D eigenvalue weighted by atomic mass is 19.4. The molecule has 0 unspecified atom stereocenters. The quantitative estimate of drug-likeness (QED) is 0.542. The molecule has 0 radical (unpaired) electrons. The lowest BCUT2D eigenvalue weighted by molar-refractivity contribution is -0.191. The second-order valence-corrected chi connectivity index (χ2v) is 7.65. The summed E-state index contributed by atoms with van der Waals surface area (Å²) in [6.07, 6.45) is -7.92. The van der Waals surface area contributed by atoms with E-state index in [1.165, 1.54) is 24.3 Å². The third kappa shape index (κ3) is 6.42. The smallest absolute Gasteiger partial charge is 0.292 e. The highest BCUT2D eigenvalue weighted by Gasteiger charge is 2.37. The van der Waals surface area contributed by atoms with Crippen LogP contribution in [-0.4, -0.2) is 17.6 Å². The number of rotatable bonds is 3. The van der Waals surface area contributed by atoms with Crippen molar-refractivity contribution in [3.05, 3.63) is 70.3 Å². The van der Waals surface area contributed by atoms with Crippen molar-refractivity contribution < 1.29 is 35.9 Å². The van der Waals surface area contributed by atoms with Crippen molar-refractivity contribution in [3.63, 3.8) is 0 Å². The minimum atomic E-state index is -4.45. The highest BCUT2D eigenvalue weighted by molar-refractivity contribution is 5.34.